The lowest BCUT2D eigenvalue weighted by Crippen LogP contribution is -2.11. The van der Waals surface area contributed by atoms with E-state index < -0.39 is 5.97 Å². The Hall–Kier alpha value is -2.08. The molecule has 94 valence electrons. The quantitative estimate of drug-likeness (QED) is 0.671. The van der Waals surface area contributed by atoms with Crippen LogP contribution in [0, 0.1) is 0 Å². The van der Waals surface area contributed by atoms with Gasteiger partial charge in [0, 0.05) is 7.05 Å². The summed E-state index contributed by atoms with van der Waals surface area (Å²) in [5.74, 6) is 0.00181. The Morgan fingerprint density at radius 3 is 3.00 bits per heavy atom. The maximum Gasteiger partial charge on any atom is 0.340 e. The Labute approximate surface area is 108 Å². The summed E-state index contributed by atoms with van der Waals surface area (Å²) in [5.41, 5.74) is 6.15. The smallest absolute Gasteiger partial charge is 0.340 e. The number of hydrogen-bond donors (Lipinski definition) is 1. The van der Waals surface area contributed by atoms with Gasteiger partial charge in [0.1, 0.15) is 6.33 Å². The number of esters is 1. The largest absolute Gasteiger partial charge is 0.454 e. The fourth-order valence-electron chi connectivity index (χ4n) is 1.37. The van der Waals surface area contributed by atoms with Crippen molar-refractivity contribution in [3.05, 3.63) is 40.9 Å². The number of nitrogen functional groups attached to an aromatic ring is 1. The second-order valence-electron chi connectivity index (χ2n) is 3.58. The molecule has 2 aromatic rings. The predicted octanol–water partition coefficient (Wildman–Crippen LogP) is 1.41. The number of benzene rings is 1. The van der Waals surface area contributed by atoms with E-state index in [2.05, 4.69) is 10.1 Å². The first-order chi connectivity index (χ1) is 8.59. The van der Waals surface area contributed by atoms with Gasteiger partial charge in [0.15, 0.2) is 12.4 Å². The van der Waals surface area contributed by atoms with Crippen LogP contribution in [-0.4, -0.2) is 20.7 Å². The first-order valence-electron chi connectivity index (χ1n) is 5.13. The van der Waals surface area contributed by atoms with Crippen LogP contribution in [0.4, 0.5) is 5.69 Å². The lowest BCUT2D eigenvalue weighted by molar-refractivity contribution is 0.0459. The summed E-state index contributed by atoms with van der Waals surface area (Å²) in [4.78, 5) is 15.7. The third kappa shape index (κ3) is 2.43. The lowest BCUT2D eigenvalue weighted by Gasteiger charge is -2.07. The summed E-state index contributed by atoms with van der Waals surface area (Å²) in [6.45, 7) is 0.0291. The molecular weight excluding hydrogens is 256 g/mol. The third-order valence-electron chi connectivity index (χ3n) is 2.41. The molecule has 6 nitrogen and oxygen atoms in total. The highest BCUT2D eigenvalue weighted by Crippen LogP contribution is 2.23. The average molecular weight is 267 g/mol. The minimum Gasteiger partial charge on any atom is -0.454 e. The van der Waals surface area contributed by atoms with Gasteiger partial charge in [-0.15, -0.1) is 0 Å². The van der Waals surface area contributed by atoms with Crippen molar-refractivity contribution in [1.82, 2.24) is 14.8 Å². The van der Waals surface area contributed by atoms with Gasteiger partial charge in [-0.25, -0.2) is 9.78 Å². The van der Waals surface area contributed by atoms with Crippen molar-refractivity contribution in [3.8, 4) is 0 Å². The molecule has 0 bridgehead atoms. The number of nitrogens with two attached hydrogens (primary N) is 1. The van der Waals surface area contributed by atoms with Crippen molar-refractivity contribution in [1.29, 1.82) is 0 Å². The number of para-hydroxylation sites is 1. The summed E-state index contributed by atoms with van der Waals surface area (Å²) >= 11 is 5.82. The maximum absolute atomic E-state index is 11.8. The zero-order chi connectivity index (χ0) is 13.1. The summed E-state index contributed by atoms with van der Waals surface area (Å²) in [6, 6.07) is 4.80. The second kappa shape index (κ2) is 5.05. The van der Waals surface area contributed by atoms with Gasteiger partial charge >= 0.3 is 5.97 Å². The molecule has 0 unspecified atom stereocenters. The highest BCUT2D eigenvalue weighted by molar-refractivity contribution is 6.33. The number of ether oxygens (including phenoxy) is 1. The average Bonchev–Trinajstić information content (AvgIpc) is 2.75. The number of carbonyl (C=O) groups excluding carboxylic acids is 1. The molecule has 0 aliphatic heterocycles. The number of hydrogen-bond acceptors (Lipinski definition) is 5. The second-order valence-corrected chi connectivity index (χ2v) is 3.98. The molecule has 0 aliphatic carbocycles. The zero-order valence-corrected chi connectivity index (χ0v) is 10.4. The van der Waals surface area contributed by atoms with E-state index in [-0.39, 0.29) is 17.9 Å². The van der Waals surface area contributed by atoms with E-state index in [1.165, 1.54) is 11.0 Å². The number of aryl methyl sites for hydroxylation is 1. The molecule has 0 atom stereocenters. The van der Waals surface area contributed by atoms with Gasteiger partial charge < -0.3 is 10.5 Å². The molecule has 0 aliphatic rings. The molecule has 0 saturated carbocycles. The zero-order valence-electron chi connectivity index (χ0n) is 9.63. The van der Waals surface area contributed by atoms with E-state index in [0.717, 1.165) is 0 Å². The third-order valence-corrected chi connectivity index (χ3v) is 2.74. The molecule has 1 aromatic carbocycles. The standard InChI is InChI=1S/C11H11ClN4O2/c1-16-9(14-6-15-16)5-18-11(17)7-3-2-4-8(12)10(7)13/h2-4,6H,5,13H2,1H3. The van der Waals surface area contributed by atoms with Gasteiger partial charge in [-0.2, -0.15) is 5.10 Å². The summed E-state index contributed by atoms with van der Waals surface area (Å²) < 4.78 is 6.61. The first kappa shape index (κ1) is 12.4. The van der Waals surface area contributed by atoms with Crippen LogP contribution in [0.2, 0.25) is 5.02 Å². The molecule has 2 N–H and O–H groups in total. The van der Waals surface area contributed by atoms with E-state index in [1.807, 2.05) is 0 Å². The Morgan fingerprint density at radius 1 is 1.56 bits per heavy atom. The Morgan fingerprint density at radius 2 is 2.33 bits per heavy atom. The number of halogens is 1. The first-order valence-corrected chi connectivity index (χ1v) is 5.51. The molecule has 2 rings (SSSR count). The minimum atomic E-state index is -0.544. The number of anilines is 1. The topological polar surface area (TPSA) is 83.0 Å². The van der Waals surface area contributed by atoms with Gasteiger partial charge in [0.25, 0.3) is 0 Å². The molecule has 0 amide bonds. The van der Waals surface area contributed by atoms with Crippen LogP contribution < -0.4 is 5.73 Å². The number of aromatic nitrogens is 3. The molecule has 1 heterocycles. The molecule has 0 radical (unpaired) electrons. The van der Waals surface area contributed by atoms with E-state index in [1.54, 1.807) is 25.2 Å². The summed E-state index contributed by atoms with van der Waals surface area (Å²) in [5, 5.41) is 4.19. The number of nitrogens with zero attached hydrogens (tertiary/aromatic N) is 3. The molecule has 1 aromatic heterocycles. The van der Waals surface area contributed by atoms with Gasteiger partial charge in [-0.05, 0) is 12.1 Å². The number of carbonyl (C=O) groups is 1. The van der Waals surface area contributed by atoms with E-state index >= 15 is 0 Å². The predicted molar refractivity (Wildman–Crippen MR) is 66.0 cm³/mol. The number of rotatable bonds is 3. The van der Waals surface area contributed by atoms with Gasteiger partial charge in [-0.1, -0.05) is 17.7 Å². The van der Waals surface area contributed by atoms with E-state index in [0.29, 0.717) is 10.8 Å². The van der Waals surface area contributed by atoms with Crippen molar-refractivity contribution in [2.75, 3.05) is 5.73 Å². The van der Waals surface area contributed by atoms with E-state index in [9.17, 15) is 4.79 Å². The minimum absolute atomic E-state index is 0.0291. The van der Waals surface area contributed by atoms with E-state index in [4.69, 9.17) is 22.1 Å². The highest BCUT2D eigenvalue weighted by atomic mass is 35.5. The van der Waals surface area contributed by atoms with Crippen molar-refractivity contribution in [2.24, 2.45) is 7.05 Å². The van der Waals surface area contributed by atoms with Crippen LogP contribution in [-0.2, 0) is 18.4 Å². The van der Waals surface area contributed by atoms with Gasteiger partial charge in [0.2, 0.25) is 0 Å². The van der Waals surface area contributed by atoms with Crippen LogP contribution in [0.3, 0.4) is 0 Å². The molecule has 0 saturated heterocycles. The fraction of sp³-hybridized carbons (Fsp3) is 0.182. The lowest BCUT2D eigenvalue weighted by atomic mass is 10.2. The van der Waals surface area contributed by atoms with Crippen LogP contribution >= 0.6 is 11.6 Å². The van der Waals surface area contributed by atoms with Crippen molar-refractivity contribution < 1.29 is 9.53 Å². The Balaban J connectivity index is 2.09. The molecule has 18 heavy (non-hydrogen) atoms. The fourth-order valence-corrected chi connectivity index (χ4v) is 1.55. The summed E-state index contributed by atoms with van der Waals surface area (Å²) in [7, 11) is 1.71. The van der Waals surface area contributed by atoms with Gasteiger partial charge in [0.05, 0.1) is 16.3 Å². The van der Waals surface area contributed by atoms with Crippen molar-refractivity contribution in [2.45, 2.75) is 6.61 Å². The van der Waals surface area contributed by atoms with Crippen LogP contribution in [0.25, 0.3) is 0 Å². The Kier molecular flexibility index (Phi) is 3.47. The molecule has 0 fully saturated rings. The van der Waals surface area contributed by atoms with Crippen LogP contribution in [0.15, 0.2) is 24.5 Å². The molecular formula is C11H11ClN4O2. The Bertz CT molecular complexity index is 582. The summed E-state index contributed by atoms with van der Waals surface area (Å²) in [6.07, 6.45) is 1.39. The van der Waals surface area contributed by atoms with Crippen molar-refractivity contribution >= 4 is 23.3 Å². The highest BCUT2D eigenvalue weighted by Gasteiger charge is 2.14. The normalized spacial score (nSPS) is 10.3. The van der Waals surface area contributed by atoms with Crippen LogP contribution in [0.1, 0.15) is 16.2 Å². The molecule has 7 heteroatoms. The van der Waals surface area contributed by atoms with Crippen LogP contribution in [0.5, 0.6) is 0 Å². The van der Waals surface area contributed by atoms with Gasteiger partial charge in [-0.3, -0.25) is 4.68 Å². The monoisotopic (exact) mass is 266 g/mol. The van der Waals surface area contributed by atoms with Crippen molar-refractivity contribution in [3.63, 3.8) is 0 Å². The SMILES string of the molecule is Cn1ncnc1COC(=O)c1cccc(Cl)c1N. The molecule has 0 spiro atoms. The maximum atomic E-state index is 11.8.